The topological polar surface area (TPSA) is 12.4 Å². The van der Waals surface area contributed by atoms with Gasteiger partial charge in [0.25, 0.3) is 0 Å². The largest absolute Gasteiger partial charge is 0.597 e. The maximum Gasteiger partial charge on any atom is 0 e. The molecule has 0 bridgehead atoms. The number of nitrogens with zero attached hydrogens (tertiary/aromatic N) is 1. The molecule has 0 atom stereocenters. The summed E-state index contributed by atoms with van der Waals surface area (Å²) >= 11 is 0. The molecular weight excluding hydrogens is 187 g/mol. The van der Waals surface area contributed by atoms with Gasteiger partial charge in [0, 0.05) is 32.7 Å². The maximum absolute atomic E-state index is 5.41. The predicted octanol–water partition coefficient (Wildman–Crippen LogP) is 1.92. The van der Waals surface area contributed by atoms with Gasteiger partial charge in [-0.3, -0.25) is 0 Å². The average molecular weight is 198 g/mol. The Morgan fingerprint density at radius 1 is 1.56 bits per heavy atom. The molecule has 0 aromatic rings. The first kappa shape index (κ1) is 12.2. The van der Waals surface area contributed by atoms with Gasteiger partial charge in [0.05, 0.1) is 0 Å². The van der Waals surface area contributed by atoms with Gasteiger partial charge in [0.15, 0.2) is 0 Å². The molecule has 9 heavy (non-hydrogen) atoms. The van der Waals surface area contributed by atoms with Gasteiger partial charge in [0.1, 0.15) is 0 Å². The number of allylic oxidation sites excluding steroid dienone is 1. The molecule has 0 aliphatic rings. The zero-order valence-electron chi connectivity index (χ0n) is 6.18. The van der Waals surface area contributed by atoms with Crippen LogP contribution in [0.15, 0.2) is 10.7 Å². The zero-order valence-corrected chi connectivity index (χ0v) is 9.02. The van der Waals surface area contributed by atoms with Crippen molar-refractivity contribution in [2.45, 2.75) is 20.8 Å². The van der Waals surface area contributed by atoms with Crippen LogP contribution in [0.3, 0.4) is 0 Å². The van der Waals surface area contributed by atoms with Crippen LogP contribution in [0.4, 0.5) is 0 Å². The van der Waals surface area contributed by atoms with E-state index in [1.54, 1.807) is 6.92 Å². The third-order valence-electron chi connectivity index (χ3n) is 0.832. The van der Waals surface area contributed by atoms with Gasteiger partial charge < -0.3 is 17.3 Å². The van der Waals surface area contributed by atoms with E-state index in [-0.39, 0.29) is 32.7 Å². The van der Waals surface area contributed by atoms with Crippen LogP contribution in [-0.2, 0) is 32.7 Å². The summed E-state index contributed by atoms with van der Waals surface area (Å²) < 4.78 is 0. The summed E-state index contributed by atoms with van der Waals surface area (Å²) in [6.45, 7) is 11.1. The van der Waals surface area contributed by atoms with Crippen molar-refractivity contribution in [1.82, 2.24) is 0 Å². The van der Waals surface area contributed by atoms with E-state index in [4.69, 9.17) is 6.58 Å². The minimum Gasteiger partial charge on any atom is -0.597 e. The Labute approximate surface area is 82.5 Å². The van der Waals surface area contributed by atoms with Crippen LogP contribution in [0.5, 0.6) is 0 Å². The predicted molar refractivity (Wildman–Crippen MR) is 35.8 cm³/mol. The van der Waals surface area contributed by atoms with E-state index in [1.165, 1.54) is 0 Å². The van der Waals surface area contributed by atoms with E-state index < -0.39 is 0 Å². The summed E-state index contributed by atoms with van der Waals surface area (Å²) in [5.74, 6) is 0.336. The van der Waals surface area contributed by atoms with Gasteiger partial charge in [-0.2, -0.15) is 6.21 Å². The Morgan fingerprint density at radius 3 is 2.11 bits per heavy atom. The molecular formula is C7H11NY-2. The van der Waals surface area contributed by atoms with E-state index in [0.29, 0.717) is 11.6 Å². The fourth-order valence-electron chi connectivity index (χ4n) is 0.258. The second-order valence-corrected chi connectivity index (χ2v) is 1.91. The fourth-order valence-corrected chi connectivity index (χ4v) is 0.258. The summed E-state index contributed by atoms with van der Waals surface area (Å²) in [6, 6.07) is 0. The number of hydrogen-bond donors (Lipinski definition) is 0. The SMILES string of the molecule is [CH-]=C(N=[C-]C)C(C)C.[Y]. The summed E-state index contributed by atoms with van der Waals surface area (Å²) in [4.78, 5) is 3.77. The van der Waals surface area contributed by atoms with E-state index in [2.05, 4.69) is 11.2 Å². The Kier molecular flexibility index (Phi) is 9.00. The molecule has 0 aliphatic carbocycles. The molecule has 0 aromatic heterocycles. The molecule has 1 radical (unpaired) electrons. The second kappa shape index (κ2) is 6.63. The van der Waals surface area contributed by atoms with Crippen LogP contribution in [0, 0.1) is 12.5 Å². The Balaban J connectivity index is 0. The van der Waals surface area contributed by atoms with Crippen molar-refractivity contribution < 1.29 is 32.7 Å². The standard InChI is InChI=1S/C7H11N.Y/c1-5-8-7(4)6(2)3;/h4,6H,1-3H3;/q-2;. The Bertz CT molecular complexity index is 105. The third kappa shape index (κ3) is 6.40. The first-order valence-electron chi connectivity index (χ1n) is 2.68. The average Bonchev–Trinajstić information content (AvgIpc) is 1.67. The van der Waals surface area contributed by atoms with Crippen LogP contribution < -0.4 is 0 Å². The third-order valence-corrected chi connectivity index (χ3v) is 0.832. The van der Waals surface area contributed by atoms with Crippen LogP contribution in [0.1, 0.15) is 20.8 Å². The molecule has 0 aromatic carbocycles. The van der Waals surface area contributed by atoms with Gasteiger partial charge in [-0.1, -0.05) is 13.8 Å². The second-order valence-electron chi connectivity index (χ2n) is 1.91. The minimum atomic E-state index is 0. The summed E-state index contributed by atoms with van der Waals surface area (Å²) in [5, 5.41) is 0. The molecule has 0 rings (SSSR count). The van der Waals surface area contributed by atoms with E-state index in [0.717, 1.165) is 0 Å². The summed E-state index contributed by atoms with van der Waals surface area (Å²) in [6.07, 6.45) is 2.61. The fraction of sp³-hybridized carbons (Fsp3) is 0.571. The van der Waals surface area contributed by atoms with Crippen LogP contribution in [-0.4, -0.2) is 6.21 Å². The van der Waals surface area contributed by atoms with E-state index in [9.17, 15) is 0 Å². The molecule has 0 spiro atoms. The van der Waals surface area contributed by atoms with Crippen LogP contribution in [0.2, 0.25) is 0 Å². The van der Waals surface area contributed by atoms with Gasteiger partial charge in [0.2, 0.25) is 0 Å². The normalized spacial score (nSPS) is 9.78. The Morgan fingerprint density at radius 2 is 2.00 bits per heavy atom. The molecule has 1 nitrogen and oxygen atoms in total. The molecule has 0 saturated heterocycles. The van der Waals surface area contributed by atoms with Crippen molar-refractivity contribution in [3.63, 3.8) is 0 Å². The maximum atomic E-state index is 5.41. The number of hydrogen-bond acceptors (Lipinski definition) is 1. The van der Waals surface area contributed by atoms with E-state index in [1.807, 2.05) is 13.8 Å². The quantitative estimate of drug-likeness (QED) is 0.474. The zero-order chi connectivity index (χ0) is 6.57. The van der Waals surface area contributed by atoms with Crippen molar-refractivity contribution in [3.05, 3.63) is 12.3 Å². The van der Waals surface area contributed by atoms with Gasteiger partial charge in [-0.15, -0.1) is 12.8 Å². The van der Waals surface area contributed by atoms with Gasteiger partial charge in [-0.05, 0) is 0 Å². The molecule has 0 aliphatic heterocycles. The van der Waals surface area contributed by atoms with Crippen LogP contribution in [0.25, 0.3) is 0 Å². The summed E-state index contributed by atoms with van der Waals surface area (Å²) in [7, 11) is 0. The minimum absolute atomic E-state index is 0. The van der Waals surface area contributed by atoms with Crippen molar-refractivity contribution in [1.29, 1.82) is 0 Å². The number of rotatable bonds is 2. The van der Waals surface area contributed by atoms with Crippen molar-refractivity contribution in [2.75, 3.05) is 0 Å². The van der Waals surface area contributed by atoms with Crippen LogP contribution >= 0.6 is 0 Å². The first-order valence-corrected chi connectivity index (χ1v) is 2.68. The monoisotopic (exact) mass is 198 g/mol. The molecule has 0 amide bonds. The molecule has 0 saturated carbocycles. The van der Waals surface area contributed by atoms with Gasteiger partial charge >= 0.3 is 0 Å². The molecule has 0 N–H and O–H groups in total. The smallest absolute Gasteiger partial charge is 0 e. The summed E-state index contributed by atoms with van der Waals surface area (Å²) in [5.41, 5.74) is 0.646. The number of aliphatic imine (C=N–C) groups is 1. The van der Waals surface area contributed by atoms with E-state index >= 15 is 0 Å². The van der Waals surface area contributed by atoms with Crippen molar-refractivity contribution in [3.8, 4) is 0 Å². The molecule has 0 heterocycles. The molecule has 49 valence electrons. The molecule has 0 fully saturated rings. The molecule has 0 unspecified atom stereocenters. The Hall–Kier alpha value is 0.514. The van der Waals surface area contributed by atoms with Gasteiger partial charge in [-0.25, -0.2) is 0 Å². The molecule has 2 heteroatoms. The van der Waals surface area contributed by atoms with Crippen molar-refractivity contribution in [2.24, 2.45) is 10.9 Å². The first-order chi connectivity index (χ1) is 3.68. The van der Waals surface area contributed by atoms with Crippen molar-refractivity contribution >= 4 is 6.21 Å².